The van der Waals surface area contributed by atoms with Gasteiger partial charge in [-0.3, -0.25) is 9.10 Å². The lowest BCUT2D eigenvalue weighted by Crippen LogP contribution is -2.38. The summed E-state index contributed by atoms with van der Waals surface area (Å²) in [6, 6.07) is 11.9. The molecule has 1 fully saturated rings. The van der Waals surface area contributed by atoms with Crippen LogP contribution in [0.2, 0.25) is 0 Å². The highest BCUT2D eigenvalue weighted by atomic mass is 32.2. The maximum absolute atomic E-state index is 13.5. The van der Waals surface area contributed by atoms with Crippen LogP contribution in [0.3, 0.4) is 0 Å². The third-order valence-electron chi connectivity index (χ3n) is 4.79. The highest BCUT2D eigenvalue weighted by molar-refractivity contribution is 7.93. The first kappa shape index (κ1) is 17.7. The highest BCUT2D eigenvalue weighted by Crippen LogP contribution is 2.38. The van der Waals surface area contributed by atoms with Gasteiger partial charge in [-0.2, -0.15) is 0 Å². The molecule has 2 aliphatic heterocycles. The number of nitrogens with zero attached hydrogens (tertiary/aromatic N) is 2. The van der Waals surface area contributed by atoms with E-state index < -0.39 is 10.0 Å². The van der Waals surface area contributed by atoms with Crippen molar-refractivity contribution >= 4 is 27.3 Å². The molecule has 2 aromatic rings. The molecule has 0 saturated carbocycles. The van der Waals surface area contributed by atoms with E-state index in [1.165, 1.54) is 17.5 Å². The van der Waals surface area contributed by atoms with E-state index in [9.17, 15) is 13.2 Å². The number of hydrogen-bond acceptors (Lipinski definition) is 5. The molecule has 1 saturated heterocycles. The molecule has 0 spiro atoms. The Balaban J connectivity index is 1.81. The lowest BCUT2D eigenvalue weighted by Gasteiger charge is -2.31. The van der Waals surface area contributed by atoms with E-state index in [1.54, 1.807) is 41.3 Å². The van der Waals surface area contributed by atoms with Gasteiger partial charge >= 0.3 is 0 Å². The smallest absolute Gasteiger partial charge is 0.268 e. The number of benzene rings is 2. The number of ether oxygens (including phenoxy) is 2. The number of para-hydroxylation sites is 2. The number of carbonyl (C=O) groups is 1. The van der Waals surface area contributed by atoms with Gasteiger partial charge in [0.1, 0.15) is 23.0 Å². The second-order valence-electron chi connectivity index (χ2n) is 6.38. The van der Waals surface area contributed by atoms with E-state index in [-0.39, 0.29) is 29.7 Å². The third kappa shape index (κ3) is 2.99. The minimum absolute atomic E-state index is 0.000216. The van der Waals surface area contributed by atoms with Crippen molar-refractivity contribution in [3.8, 4) is 11.5 Å². The minimum Gasteiger partial charge on any atom is -0.495 e. The van der Waals surface area contributed by atoms with Crippen LogP contribution in [-0.2, 0) is 14.8 Å². The Morgan fingerprint density at radius 3 is 2.67 bits per heavy atom. The standard InChI is InChI=1S/C19H20N2O5S/c1-25-17-9-8-14(20-10-4-7-19(20)22)13-18(17)27(23,24)21-11-12-26-16-6-3-2-5-15(16)21/h2-3,5-6,8-9,13H,4,7,10-12H2,1H3. The Labute approximate surface area is 158 Å². The number of rotatable bonds is 4. The first-order chi connectivity index (χ1) is 13.0. The summed E-state index contributed by atoms with van der Waals surface area (Å²) in [7, 11) is -2.46. The quantitative estimate of drug-likeness (QED) is 0.804. The molecule has 27 heavy (non-hydrogen) atoms. The van der Waals surface area contributed by atoms with Gasteiger partial charge < -0.3 is 14.4 Å². The number of methoxy groups -OCH3 is 1. The molecular formula is C19H20N2O5S. The summed E-state index contributed by atoms with van der Waals surface area (Å²) < 4.78 is 39.1. The van der Waals surface area contributed by atoms with Gasteiger partial charge in [0, 0.05) is 18.7 Å². The summed E-state index contributed by atoms with van der Waals surface area (Å²) in [5.41, 5.74) is 1.06. The molecule has 0 aromatic heterocycles. The summed E-state index contributed by atoms with van der Waals surface area (Å²) in [5.74, 6) is 0.770. The number of hydrogen-bond donors (Lipinski definition) is 0. The van der Waals surface area contributed by atoms with Crippen LogP contribution < -0.4 is 18.7 Å². The predicted molar refractivity (Wildman–Crippen MR) is 101 cm³/mol. The molecule has 2 aliphatic rings. The van der Waals surface area contributed by atoms with Crippen LogP contribution in [0.4, 0.5) is 11.4 Å². The van der Waals surface area contributed by atoms with Crippen LogP contribution in [0, 0.1) is 0 Å². The predicted octanol–water partition coefficient (Wildman–Crippen LogP) is 2.41. The van der Waals surface area contributed by atoms with Gasteiger partial charge in [0.2, 0.25) is 5.91 Å². The van der Waals surface area contributed by atoms with Gasteiger partial charge in [-0.05, 0) is 36.8 Å². The summed E-state index contributed by atoms with van der Waals surface area (Å²) in [6.07, 6.45) is 1.24. The van der Waals surface area contributed by atoms with Crippen molar-refractivity contribution < 1.29 is 22.7 Å². The fourth-order valence-electron chi connectivity index (χ4n) is 3.47. The molecule has 2 heterocycles. The largest absolute Gasteiger partial charge is 0.495 e. The van der Waals surface area contributed by atoms with Crippen LogP contribution in [0.5, 0.6) is 11.5 Å². The van der Waals surface area contributed by atoms with Gasteiger partial charge in [-0.15, -0.1) is 0 Å². The molecule has 0 radical (unpaired) electrons. The molecule has 7 nitrogen and oxygen atoms in total. The van der Waals surface area contributed by atoms with Crippen molar-refractivity contribution in [2.24, 2.45) is 0 Å². The topological polar surface area (TPSA) is 76.2 Å². The zero-order valence-electron chi connectivity index (χ0n) is 14.9. The van der Waals surface area contributed by atoms with Crippen LogP contribution in [0.25, 0.3) is 0 Å². The SMILES string of the molecule is COc1ccc(N2CCCC2=O)cc1S(=O)(=O)N1CCOc2ccccc21. The first-order valence-corrected chi connectivity index (χ1v) is 10.2. The Hall–Kier alpha value is -2.74. The number of fused-ring (bicyclic) bond motifs is 1. The Morgan fingerprint density at radius 1 is 1.11 bits per heavy atom. The van der Waals surface area contributed by atoms with E-state index in [1.807, 2.05) is 0 Å². The van der Waals surface area contributed by atoms with Gasteiger partial charge in [0.05, 0.1) is 19.3 Å². The molecule has 1 amide bonds. The van der Waals surface area contributed by atoms with Crippen LogP contribution in [0.15, 0.2) is 47.4 Å². The van der Waals surface area contributed by atoms with E-state index in [0.29, 0.717) is 30.1 Å². The summed E-state index contributed by atoms with van der Waals surface area (Å²) in [5, 5.41) is 0. The van der Waals surface area contributed by atoms with Crippen molar-refractivity contribution in [3.05, 3.63) is 42.5 Å². The first-order valence-electron chi connectivity index (χ1n) is 8.75. The van der Waals surface area contributed by atoms with Crippen LogP contribution >= 0.6 is 0 Å². The van der Waals surface area contributed by atoms with Crippen molar-refractivity contribution in [2.45, 2.75) is 17.7 Å². The molecule has 0 bridgehead atoms. The Kier molecular flexibility index (Phi) is 4.43. The number of anilines is 2. The maximum atomic E-state index is 13.5. The average molecular weight is 388 g/mol. The van der Waals surface area contributed by atoms with E-state index >= 15 is 0 Å². The second kappa shape index (κ2) is 6.77. The normalized spacial score (nSPS) is 16.9. The molecule has 0 unspecified atom stereocenters. The highest BCUT2D eigenvalue weighted by Gasteiger charge is 2.33. The van der Waals surface area contributed by atoms with Crippen LogP contribution in [0.1, 0.15) is 12.8 Å². The van der Waals surface area contributed by atoms with Gasteiger partial charge in [0.25, 0.3) is 10.0 Å². The summed E-state index contributed by atoms with van der Waals surface area (Å²) >= 11 is 0. The molecule has 142 valence electrons. The van der Waals surface area contributed by atoms with Crippen molar-refractivity contribution in [1.29, 1.82) is 0 Å². The van der Waals surface area contributed by atoms with Crippen LogP contribution in [-0.4, -0.2) is 41.1 Å². The lowest BCUT2D eigenvalue weighted by molar-refractivity contribution is -0.117. The number of sulfonamides is 1. The van der Waals surface area contributed by atoms with Gasteiger partial charge in [-0.25, -0.2) is 8.42 Å². The van der Waals surface area contributed by atoms with Crippen molar-refractivity contribution in [1.82, 2.24) is 0 Å². The maximum Gasteiger partial charge on any atom is 0.268 e. The molecule has 0 aliphatic carbocycles. The monoisotopic (exact) mass is 388 g/mol. The van der Waals surface area contributed by atoms with E-state index in [0.717, 1.165) is 6.42 Å². The minimum atomic E-state index is -3.90. The van der Waals surface area contributed by atoms with E-state index in [4.69, 9.17) is 9.47 Å². The summed E-state index contributed by atoms with van der Waals surface area (Å²) in [4.78, 5) is 13.7. The molecule has 8 heteroatoms. The number of carbonyl (C=O) groups excluding carboxylic acids is 1. The van der Waals surface area contributed by atoms with Gasteiger partial charge in [-0.1, -0.05) is 12.1 Å². The fraction of sp³-hybridized carbons (Fsp3) is 0.316. The Bertz CT molecular complexity index is 989. The van der Waals surface area contributed by atoms with Crippen molar-refractivity contribution in [2.75, 3.05) is 36.0 Å². The third-order valence-corrected chi connectivity index (χ3v) is 6.62. The zero-order chi connectivity index (χ0) is 19.0. The van der Waals surface area contributed by atoms with Gasteiger partial charge in [0.15, 0.2) is 0 Å². The number of amides is 1. The molecule has 0 N–H and O–H groups in total. The molecule has 0 atom stereocenters. The fourth-order valence-corrected chi connectivity index (χ4v) is 5.11. The van der Waals surface area contributed by atoms with E-state index in [2.05, 4.69) is 0 Å². The second-order valence-corrected chi connectivity index (χ2v) is 8.21. The summed E-state index contributed by atoms with van der Waals surface area (Å²) in [6.45, 7) is 1.06. The molecule has 2 aromatic carbocycles. The molecular weight excluding hydrogens is 368 g/mol. The molecule has 4 rings (SSSR count). The average Bonchev–Trinajstić information content (AvgIpc) is 3.13. The Morgan fingerprint density at radius 2 is 1.93 bits per heavy atom. The van der Waals surface area contributed by atoms with Crippen molar-refractivity contribution in [3.63, 3.8) is 0 Å². The zero-order valence-corrected chi connectivity index (χ0v) is 15.7. The lowest BCUT2D eigenvalue weighted by atomic mass is 10.2.